The Labute approximate surface area is 141 Å². The molecule has 0 saturated heterocycles. The summed E-state index contributed by atoms with van der Waals surface area (Å²) in [7, 11) is 1.70. The Kier molecular flexibility index (Phi) is 4.79. The average Bonchev–Trinajstić information content (AvgIpc) is 2.60. The normalized spacial score (nSPS) is 16.3. The van der Waals surface area contributed by atoms with Gasteiger partial charge in [-0.1, -0.05) is 42.5 Å². The highest BCUT2D eigenvalue weighted by Gasteiger charge is 2.33. The quantitative estimate of drug-likeness (QED) is 0.917. The summed E-state index contributed by atoms with van der Waals surface area (Å²) in [6.45, 7) is 0.538. The van der Waals surface area contributed by atoms with Gasteiger partial charge in [-0.15, -0.1) is 0 Å². The summed E-state index contributed by atoms with van der Waals surface area (Å²) in [6, 6.07) is 17.3. The molecule has 0 radical (unpaired) electrons. The lowest BCUT2D eigenvalue weighted by atomic mass is 10.1. The Morgan fingerprint density at radius 3 is 2.62 bits per heavy atom. The maximum atomic E-state index is 12.3. The van der Waals surface area contributed by atoms with Crippen molar-refractivity contribution in [3.8, 4) is 5.75 Å². The molecule has 5 nitrogen and oxygen atoms in total. The van der Waals surface area contributed by atoms with Crippen molar-refractivity contribution >= 4 is 17.5 Å². The van der Waals surface area contributed by atoms with Crippen molar-refractivity contribution in [1.29, 1.82) is 0 Å². The number of amides is 2. The number of para-hydroxylation sites is 2. The van der Waals surface area contributed by atoms with E-state index in [1.165, 1.54) is 0 Å². The highest BCUT2D eigenvalue weighted by atomic mass is 16.5. The van der Waals surface area contributed by atoms with E-state index in [4.69, 9.17) is 4.74 Å². The van der Waals surface area contributed by atoms with E-state index in [1.54, 1.807) is 18.0 Å². The van der Waals surface area contributed by atoms with Crippen LogP contribution in [0.15, 0.2) is 54.6 Å². The highest BCUT2D eigenvalue weighted by molar-refractivity contribution is 6.01. The molecule has 3 rings (SSSR count). The topological polar surface area (TPSA) is 58.6 Å². The number of fused-ring (bicyclic) bond motifs is 1. The molecule has 0 aromatic heterocycles. The Hall–Kier alpha value is -2.82. The standard InChI is InChI=1S/C19H20N2O3/c1-21-15-9-5-6-10-16(15)24-17(19(21)23)13-18(22)20-12-11-14-7-3-2-4-8-14/h2-10,17H,11-13H2,1H3,(H,20,22). The van der Waals surface area contributed by atoms with Crippen LogP contribution >= 0.6 is 0 Å². The second kappa shape index (κ2) is 7.17. The monoisotopic (exact) mass is 324 g/mol. The van der Waals surface area contributed by atoms with Gasteiger partial charge in [-0.25, -0.2) is 0 Å². The van der Waals surface area contributed by atoms with E-state index in [-0.39, 0.29) is 18.2 Å². The fraction of sp³-hybridized carbons (Fsp3) is 0.263. The van der Waals surface area contributed by atoms with Gasteiger partial charge in [0.05, 0.1) is 12.1 Å². The van der Waals surface area contributed by atoms with Crippen molar-refractivity contribution in [3.63, 3.8) is 0 Å². The van der Waals surface area contributed by atoms with Crippen LogP contribution in [-0.2, 0) is 16.0 Å². The largest absolute Gasteiger partial charge is 0.478 e. The van der Waals surface area contributed by atoms with Crippen LogP contribution in [0.1, 0.15) is 12.0 Å². The van der Waals surface area contributed by atoms with Crippen molar-refractivity contribution in [2.75, 3.05) is 18.5 Å². The molecule has 1 aliphatic rings. The molecule has 0 spiro atoms. The predicted molar refractivity (Wildman–Crippen MR) is 92.0 cm³/mol. The summed E-state index contributed by atoms with van der Waals surface area (Å²) < 4.78 is 5.70. The van der Waals surface area contributed by atoms with Gasteiger partial charge < -0.3 is 15.0 Å². The molecule has 1 aliphatic heterocycles. The second-order valence-electron chi connectivity index (χ2n) is 5.76. The lowest BCUT2D eigenvalue weighted by Crippen LogP contribution is -2.46. The van der Waals surface area contributed by atoms with E-state index in [0.717, 1.165) is 17.7 Å². The van der Waals surface area contributed by atoms with E-state index in [1.807, 2.05) is 48.5 Å². The molecule has 124 valence electrons. The Bertz CT molecular complexity index is 730. The molecule has 1 unspecified atom stereocenters. The summed E-state index contributed by atoms with van der Waals surface area (Å²) >= 11 is 0. The number of hydrogen-bond donors (Lipinski definition) is 1. The first kappa shape index (κ1) is 16.1. The number of benzene rings is 2. The number of likely N-dealkylation sites (N-methyl/N-ethyl adjacent to an activating group) is 1. The van der Waals surface area contributed by atoms with Gasteiger partial charge in [-0.05, 0) is 24.1 Å². The molecule has 0 bridgehead atoms. The highest BCUT2D eigenvalue weighted by Crippen LogP contribution is 2.33. The molecule has 2 aromatic rings. The van der Waals surface area contributed by atoms with Gasteiger partial charge in [0.1, 0.15) is 5.75 Å². The molecule has 0 fully saturated rings. The third-order valence-corrected chi connectivity index (χ3v) is 4.05. The zero-order chi connectivity index (χ0) is 16.9. The summed E-state index contributed by atoms with van der Waals surface area (Å²) in [5.41, 5.74) is 1.89. The van der Waals surface area contributed by atoms with Crippen LogP contribution in [0, 0.1) is 0 Å². The number of hydrogen-bond acceptors (Lipinski definition) is 3. The number of nitrogens with one attached hydrogen (secondary N) is 1. The minimum Gasteiger partial charge on any atom is -0.478 e. The Morgan fingerprint density at radius 1 is 1.12 bits per heavy atom. The summed E-state index contributed by atoms with van der Waals surface area (Å²) in [6.07, 6.45) is 0.00258. The van der Waals surface area contributed by atoms with Crippen molar-refractivity contribution in [1.82, 2.24) is 5.32 Å². The fourth-order valence-electron chi connectivity index (χ4n) is 2.73. The average molecular weight is 324 g/mol. The summed E-state index contributed by atoms with van der Waals surface area (Å²) in [5.74, 6) is 0.241. The molecule has 1 heterocycles. The molecule has 5 heteroatoms. The SMILES string of the molecule is CN1C(=O)C(CC(=O)NCCc2ccccc2)Oc2ccccc21. The number of rotatable bonds is 5. The van der Waals surface area contributed by atoms with Crippen molar-refractivity contribution in [2.45, 2.75) is 18.9 Å². The number of anilines is 1. The third-order valence-electron chi connectivity index (χ3n) is 4.05. The van der Waals surface area contributed by atoms with Gasteiger partial charge in [0.15, 0.2) is 6.10 Å². The molecular weight excluding hydrogens is 304 g/mol. The first-order valence-corrected chi connectivity index (χ1v) is 7.99. The van der Waals surface area contributed by atoms with E-state index in [2.05, 4.69) is 5.32 Å². The van der Waals surface area contributed by atoms with Gasteiger partial charge in [0, 0.05) is 13.6 Å². The van der Waals surface area contributed by atoms with Crippen molar-refractivity contribution < 1.29 is 14.3 Å². The van der Waals surface area contributed by atoms with Crippen LogP contribution in [0.25, 0.3) is 0 Å². The molecule has 1 atom stereocenters. The van der Waals surface area contributed by atoms with Gasteiger partial charge in [-0.3, -0.25) is 9.59 Å². The van der Waals surface area contributed by atoms with Gasteiger partial charge in [-0.2, -0.15) is 0 Å². The Balaban J connectivity index is 1.54. The van der Waals surface area contributed by atoms with E-state index < -0.39 is 6.10 Å². The smallest absolute Gasteiger partial charge is 0.268 e. The lowest BCUT2D eigenvalue weighted by molar-refractivity contribution is -0.132. The molecular formula is C19H20N2O3. The molecule has 0 saturated carbocycles. The maximum Gasteiger partial charge on any atom is 0.268 e. The van der Waals surface area contributed by atoms with Crippen LogP contribution < -0.4 is 15.0 Å². The van der Waals surface area contributed by atoms with E-state index in [0.29, 0.717) is 12.3 Å². The number of ether oxygens (including phenoxy) is 1. The number of carbonyl (C=O) groups excluding carboxylic acids is 2. The first-order chi connectivity index (χ1) is 11.6. The van der Waals surface area contributed by atoms with Crippen molar-refractivity contribution in [2.24, 2.45) is 0 Å². The minimum atomic E-state index is -0.776. The second-order valence-corrected chi connectivity index (χ2v) is 5.76. The van der Waals surface area contributed by atoms with Crippen LogP contribution in [0.2, 0.25) is 0 Å². The third kappa shape index (κ3) is 3.56. The number of nitrogens with zero attached hydrogens (tertiary/aromatic N) is 1. The van der Waals surface area contributed by atoms with E-state index >= 15 is 0 Å². The summed E-state index contributed by atoms with van der Waals surface area (Å²) in [4.78, 5) is 26.0. The minimum absolute atomic E-state index is 0.0201. The van der Waals surface area contributed by atoms with Crippen LogP contribution in [0.3, 0.4) is 0 Å². The first-order valence-electron chi connectivity index (χ1n) is 7.99. The lowest BCUT2D eigenvalue weighted by Gasteiger charge is -2.31. The van der Waals surface area contributed by atoms with Gasteiger partial charge in [0.25, 0.3) is 5.91 Å². The predicted octanol–water partition coefficient (Wildman–Crippen LogP) is 2.16. The van der Waals surface area contributed by atoms with Crippen molar-refractivity contribution in [3.05, 3.63) is 60.2 Å². The maximum absolute atomic E-state index is 12.3. The Morgan fingerprint density at radius 2 is 1.83 bits per heavy atom. The molecule has 0 aliphatic carbocycles. The molecule has 2 aromatic carbocycles. The molecule has 1 N–H and O–H groups in total. The molecule has 2 amide bonds. The number of carbonyl (C=O) groups is 2. The van der Waals surface area contributed by atoms with Gasteiger partial charge in [0.2, 0.25) is 5.91 Å². The summed E-state index contributed by atoms with van der Waals surface area (Å²) in [5, 5.41) is 2.85. The van der Waals surface area contributed by atoms with Crippen LogP contribution in [0.5, 0.6) is 5.75 Å². The fourth-order valence-corrected chi connectivity index (χ4v) is 2.73. The zero-order valence-electron chi connectivity index (χ0n) is 13.6. The van der Waals surface area contributed by atoms with Crippen LogP contribution in [-0.4, -0.2) is 31.5 Å². The zero-order valence-corrected chi connectivity index (χ0v) is 13.6. The van der Waals surface area contributed by atoms with Gasteiger partial charge >= 0.3 is 0 Å². The van der Waals surface area contributed by atoms with E-state index in [9.17, 15) is 9.59 Å². The molecule has 24 heavy (non-hydrogen) atoms. The van der Waals surface area contributed by atoms with Crippen LogP contribution in [0.4, 0.5) is 5.69 Å².